The van der Waals surface area contributed by atoms with Crippen molar-refractivity contribution >= 4 is 17.1 Å². The van der Waals surface area contributed by atoms with E-state index in [0.717, 1.165) is 17.1 Å². The average molecular weight is 946 g/mol. The minimum atomic E-state index is -0.156. The summed E-state index contributed by atoms with van der Waals surface area (Å²) in [6.07, 6.45) is 0. The van der Waals surface area contributed by atoms with Crippen LogP contribution in [0.25, 0.3) is 55.6 Å². The van der Waals surface area contributed by atoms with Crippen molar-refractivity contribution in [2.75, 3.05) is 4.90 Å². The molecule has 0 bridgehead atoms. The van der Waals surface area contributed by atoms with Crippen LogP contribution in [0.2, 0.25) is 0 Å². The van der Waals surface area contributed by atoms with Crippen LogP contribution in [0, 0.1) is 0 Å². The summed E-state index contributed by atoms with van der Waals surface area (Å²) in [7, 11) is 0. The first-order valence-electron chi connectivity index (χ1n) is 26.4. The van der Waals surface area contributed by atoms with Gasteiger partial charge in [-0.3, -0.25) is 0 Å². The molecule has 1 nitrogen and oxygen atoms in total. The first-order valence-corrected chi connectivity index (χ1v) is 26.4. The first kappa shape index (κ1) is 50.5. The Balaban J connectivity index is 1.35. The summed E-state index contributed by atoms with van der Waals surface area (Å²) in [6, 6.07) is 65.5. The molecule has 1 heteroatoms. The maximum Gasteiger partial charge on any atom is 0.0549 e. The van der Waals surface area contributed by atoms with Crippen molar-refractivity contribution in [3.63, 3.8) is 0 Å². The Morgan fingerprint density at radius 3 is 1.21 bits per heavy atom. The second-order valence-electron chi connectivity index (χ2n) is 26.5. The summed E-state index contributed by atoms with van der Waals surface area (Å²) in [5.74, 6) is 0. The topological polar surface area (TPSA) is 3.24 Å². The van der Waals surface area contributed by atoms with Gasteiger partial charge in [0.1, 0.15) is 0 Å². The van der Waals surface area contributed by atoms with Crippen LogP contribution in [0.5, 0.6) is 0 Å². The number of anilines is 3. The molecule has 0 aliphatic heterocycles. The van der Waals surface area contributed by atoms with E-state index in [1.807, 2.05) is 0 Å². The van der Waals surface area contributed by atoms with Crippen LogP contribution >= 0.6 is 0 Å². The largest absolute Gasteiger partial charge is 0.310 e. The summed E-state index contributed by atoms with van der Waals surface area (Å²) in [4.78, 5) is 2.53. The summed E-state index contributed by atoms with van der Waals surface area (Å²) in [5.41, 5.74) is 24.9. The number of fused-ring (bicyclic) bond motifs is 3. The Morgan fingerprint density at radius 2 is 0.694 bits per heavy atom. The van der Waals surface area contributed by atoms with Gasteiger partial charge in [0.05, 0.1) is 5.69 Å². The van der Waals surface area contributed by atoms with Crippen molar-refractivity contribution in [2.45, 2.75) is 150 Å². The lowest BCUT2D eigenvalue weighted by Gasteiger charge is -2.33. The number of para-hydroxylation sites is 1. The zero-order valence-corrected chi connectivity index (χ0v) is 46.6. The minimum absolute atomic E-state index is 0.00635. The van der Waals surface area contributed by atoms with Crippen LogP contribution in [-0.2, 0) is 32.5 Å². The van der Waals surface area contributed by atoms with E-state index in [4.69, 9.17) is 0 Å². The molecule has 8 aromatic carbocycles. The van der Waals surface area contributed by atoms with Gasteiger partial charge >= 0.3 is 0 Å². The second kappa shape index (κ2) is 17.9. The summed E-state index contributed by atoms with van der Waals surface area (Å²) >= 11 is 0. The molecule has 1 aliphatic carbocycles. The highest BCUT2D eigenvalue weighted by Gasteiger charge is 2.36. The third kappa shape index (κ3) is 9.77. The molecule has 0 heterocycles. The molecule has 0 atom stereocenters. The third-order valence-corrected chi connectivity index (χ3v) is 15.4. The lowest BCUT2D eigenvalue weighted by atomic mass is 9.77. The van der Waals surface area contributed by atoms with E-state index < -0.39 is 0 Å². The molecule has 9 rings (SSSR count). The van der Waals surface area contributed by atoms with Gasteiger partial charge in [0.25, 0.3) is 0 Å². The first-order chi connectivity index (χ1) is 33.6. The van der Waals surface area contributed by atoms with Gasteiger partial charge in [-0.05, 0) is 165 Å². The average Bonchev–Trinajstić information content (AvgIpc) is 3.55. The predicted octanol–water partition coefficient (Wildman–Crippen LogP) is 20.6. The van der Waals surface area contributed by atoms with Crippen molar-refractivity contribution in [3.05, 3.63) is 209 Å². The molecule has 0 N–H and O–H groups in total. The summed E-state index contributed by atoms with van der Waals surface area (Å²) in [6.45, 7) is 40.0. The fraction of sp³-hybridized carbons (Fsp3) is 0.324. The standard InChI is InChI=1S/C71H79N/c1-66(2,3)52-36-47(34-48(37-52)50-39-54(68(7,8)9)42-55(40-50)69(10,11)12)49-35-51(41-53(38-49)67(4,5)6)61-43-56(70(13,14)15)44-64(65(61)46-26-20-18-21-27-46)72(57-28-22-19-23-29-57)58-32-33-60-59-30-24-25-31-62(59)71(16,17)63(60)45-58/h18-45H,1-17H3. The molecule has 8 aromatic rings. The van der Waals surface area contributed by atoms with E-state index in [1.165, 1.54) is 94.6 Å². The molecular weight excluding hydrogens is 867 g/mol. The van der Waals surface area contributed by atoms with Crippen LogP contribution in [0.3, 0.4) is 0 Å². The number of nitrogens with zero attached hydrogens (tertiary/aromatic N) is 1. The zero-order valence-electron chi connectivity index (χ0n) is 46.6. The SMILES string of the molecule is CC(C)(C)c1cc(-c2cc(-c3cc(C(C)(C)C)cc(N(c4ccccc4)c4ccc5c(c4)C(C)(C)c4ccccc4-5)c3-c3ccccc3)cc(C(C)(C)C)c2)cc(-c2cc(C(C)(C)C)cc(C(C)(C)C)c2)c1. The molecule has 368 valence electrons. The summed E-state index contributed by atoms with van der Waals surface area (Å²) in [5, 5.41) is 0. The van der Waals surface area contributed by atoms with Crippen LogP contribution in [0.15, 0.2) is 170 Å². The van der Waals surface area contributed by atoms with Gasteiger partial charge in [-0.25, -0.2) is 0 Å². The minimum Gasteiger partial charge on any atom is -0.310 e. The van der Waals surface area contributed by atoms with E-state index in [0.29, 0.717) is 0 Å². The Kier molecular flexibility index (Phi) is 12.6. The highest BCUT2D eigenvalue weighted by Crippen LogP contribution is 2.53. The van der Waals surface area contributed by atoms with Gasteiger partial charge in [-0.1, -0.05) is 239 Å². The van der Waals surface area contributed by atoms with Crippen molar-refractivity contribution in [1.82, 2.24) is 0 Å². The van der Waals surface area contributed by atoms with E-state index >= 15 is 0 Å². The highest BCUT2D eigenvalue weighted by atomic mass is 15.1. The molecule has 0 unspecified atom stereocenters. The van der Waals surface area contributed by atoms with E-state index in [9.17, 15) is 0 Å². The van der Waals surface area contributed by atoms with Gasteiger partial charge in [-0.15, -0.1) is 0 Å². The Bertz CT molecular complexity index is 3280. The normalized spacial score (nSPS) is 13.7. The van der Waals surface area contributed by atoms with Crippen LogP contribution in [0.4, 0.5) is 17.1 Å². The monoisotopic (exact) mass is 946 g/mol. The Labute approximate surface area is 434 Å². The highest BCUT2D eigenvalue weighted by molar-refractivity contribution is 5.99. The Morgan fingerprint density at radius 1 is 0.292 bits per heavy atom. The molecule has 0 saturated heterocycles. The molecule has 72 heavy (non-hydrogen) atoms. The van der Waals surface area contributed by atoms with Crippen molar-refractivity contribution in [3.8, 4) is 55.6 Å². The van der Waals surface area contributed by atoms with Crippen LogP contribution < -0.4 is 4.90 Å². The molecule has 0 spiro atoms. The molecule has 0 amide bonds. The Hall–Kier alpha value is -6.44. The number of rotatable bonds is 7. The molecule has 0 aromatic heterocycles. The lowest BCUT2D eigenvalue weighted by Crippen LogP contribution is -2.18. The van der Waals surface area contributed by atoms with Crippen LogP contribution in [-0.4, -0.2) is 0 Å². The maximum atomic E-state index is 2.53. The van der Waals surface area contributed by atoms with E-state index in [2.05, 4.69) is 292 Å². The number of hydrogen-bond acceptors (Lipinski definition) is 1. The predicted molar refractivity (Wildman–Crippen MR) is 314 cm³/mol. The molecule has 0 fully saturated rings. The quantitative estimate of drug-likeness (QED) is 0.154. The van der Waals surface area contributed by atoms with Gasteiger partial charge in [0, 0.05) is 22.4 Å². The van der Waals surface area contributed by atoms with E-state index in [-0.39, 0.29) is 32.5 Å². The second-order valence-corrected chi connectivity index (χ2v) is 26.5. The van der Waals surface area contributed by atoms with Crippen LogP contribution in [0.1, 0.15) is 157 Å². The fourth-order valence-corrected chi connectivity index (χ4v) is 10.6. The molecular formula is C71H79N. The summed E-state index contributed by atoms with van der Waals surface area (Å²) < 4.78 is 0. The third-order valence-electron chi connectivity index (χ3n) is 15.4. The van der Waals surface area contributed by atoms with Gasteiger partial charge < -0.3 is 4.90 Å². The number of benzene rings is 8. The molecule has 0 radical (unpaired) electrons. The lowest BCUT2D eigenvalue weighted by molar-refractivity contribution is 0.569. The van der Waals surface area contributed by atoms with Crippen molar-refractivity contribution in [2.24, 2.45) is 0 Å². The fourth-order valence-electron chi connectivity index (χ4n) is 10.6. The number of hydrogen-bond donors (Lipinski definition) is 0. The van der Waals surface area contributed by atoms with Gasteiger partial charge in [0.2, 0.25) is 0 Å². The van der Waals surface area contributed by atoms with E-state index in [1.54, 1.807) is 0 Å². The van der Waals surface area contributed by atoms with Gasteiger partial charge in [0.15, 0.2) is 0 Å². The molecule has 0 saturated carbocycles. The zero-order chi connectivity index (χ0) is 51.9. The van der Waals surface area contributed by atoms with Crippen molar-refractivity contribution < 1.29 is 0 Å². The maximum absolute atomic E-state index is 2.53. The van der Waals surface area contributed by atoms with Gasteiger partial charge in [-0.2, -0.15) is 0 Å². The smallest absolute Gasteiger partial charge is 0.0549 e. The van der Waals surface area contributed by atoms with Crippen molar-refractivity contribution in [1.29, 1.82) is 0 Å². The molecule has 1 aliphatic rings.